The molecule has 0 fully saturated rings. The van der Waals surface area contributed by atoms with Crippen molar-refractivity contribution in [3.8, 4) is 33.4 Å². The van der Waals surface area contributed by atoms with Crippen LogP contribution in [0.15, 0.2) is 205 Å². The van der Waals surface area contributed by atoms with E-state index in [4.69, 9.17) is 4.42 Å². The first-order valence-corrected chi connectivity index (χ1v) is 24.3. The number of hydrogen-bond acceptors (Lipinski definition) is 2. The number of fused-ring (bicyclic) bond motifs is 10. The molecule has 12 rings (SSSR count). The molecule has 10 aromatic rings. The minimum Gasteiger partial charge on any atom is -0.455 e. The first-order valence-electron chi connectivity index (χ1n) is 24.3. The summed E-state index contributed by atoms with van der Waals surface area (Å²) in [6, 6.07) is 74.8. The van der Waals surface area contributed by atoms with E-state index in [1.54, 1.807) is 0 Å². The number of nitrogens with zero attached hydrogens (tertiary/aromatic N) is 1. The Kier molecular flexibility index (Phi) is 9.29. The van der Waals surface area contributed by atoms with E-state index in [0.29, 0.717) is 0 Å². The molecule has 1 aromatic heterocycles. The van der Waals surface area contributed by atoms with Gasteiger partial charge in [0, 0.05) is 44.3 Å². The maximum Gasteiger partial charge on any atom is 0.143 e. The van der Waals surface area contributed by atoms with E-state index in [0.717, 1.165) is 33.6 Å². The SMILES string of the molecule is CC(C)(C)c1cc(C(C)(C)C)c2oc3c4c(ccc3c2c1)C(C)(C)c1cccc(N(c2ccc(-c3ccccc3)cc2)c2cccc(C3(c5ccccc5)c5ccccc5-c5ccccc53)c2)c1-4. The summed E-state index contributed by atoms with van der Waals surface area (Å²) in [6.45, 7) is 18.6. The van der Waals surface area contributed by atoms with Gasteiger partial charge in [-0.15, -0.1) is 0 Å². The lowest BCUT2D eigenvalue weighted by molar-refractivity contribution is 0.559. The molecule has 0 saturated heterocycles. The van der Waals surface area contributed by atoms with Gasteiger partial charge >= 0.3 is 0 Å². The standard InChI is InChI=1S/C66H57NO/c1-63(2,3)46-40-52-51-37-38-56-60(62(51)68-61(52)57(41-46)64(4,5)6)59-55(65(56,7)8)31-20-32-58(59)67(47-35-33-43(34-36-47)42-21-11-9-12-22-42)48-26-19-25-45(39-48)66(44-23-13-10-14-24-44)53-29-17-15-27-49(53)50-28-16-18-30-54(50)66/h9-41H,1-8H3. The van der Waals surface area contributed by atoms with Crippen LogP contribution in [-0.4, -0.2) is 0 Å². The highest BCUT2D eigenvalue weighted by molar-refractivity contribution is 6.14. The van der Waals surface area contributed by atoms with Crippen LogP contribution in [-0.2, 0) is 21.7 Å². The van der Waals surface area contributed by atoms with Crippen molar-refractivity contribution in [2.75, 3.05) is 4.90 Å². The summed E-state index contributed by atoms with van der Waals surface area (Å²) in [7, 11) is 0. The molecule has 0 aliphatic heterocycles. The number of furan rings is 1. The fourth-order valence-corrected chi connectivity index (χ4v) is 11.8. The average Bonchev–Trinajstić information content (AvgIpc) is 3.96. The van der Waals surface area contributed by atoms with E-state index in [-0.39, 0.29) is 16.2 Å². The van der Waals surface area contributed by atoms with E-state index in [1.807, 2.05) is 0 Å². The highest BCUT2D eigenvalue weighted by Crippen LogP contribution is 2.59. The van der Waals surface area contributed by atoms with E-state index >= 15 is 0 Å². The molecule has 0 spiro atoms. The molecule has 1 heterocycles. The molecule has 68 heavy (non-hydrogen) atoms. The van der Waals surface area contributed by atoms with Gasteiger partial charge in [-0.2, -0.15) is 0 Å². The van der Waals surface area contributed by atoms with Crippen LogP contribution in [0.25, 0.3) is 55.3 Å². The number of anilines is 3. The predicted molar refractivity (Wildman–Crippen MR) is 286 cm³/mol. The minimum atomic E-state index is -0.544. The van der Waals surface area contributed by atoms with Crippen LogP contribution in [0.5, 0.6) is 0 Å². The van der Waals surface area contributed by atoms with E-state index < -0.39 is 5.41 Å². The number of benzene rings is 9. The average molecular weight is 880 g/mol. The molecule has 332 valence electrons. The van der Waals surface area contributed by atoms with E-state index in [1.165, 1.54) is 83.3 Å². The molecule has 0 saturated carbocycles. The normalized spacial score (nSPS) is 14.4. The third-order valence-corrected chi connectivity index (χ3v) is 15.2. The molecule has 2 aliphatic rings. The first-order chi connectivity index (χ1) is 32.8. The molecule has 2 heteroatoms. The van der Waals surface area contributed by atoms with Gasteiger partial charge in [0.15, 0.2) is 0 Å². The van der Waals surface area contributed by atoms with Crippen LogP contribution in [0, 0.1) is 0 Å². The third kappa shape index (κ3) is 6.16. The molecule has 0 radical (unpaired) electrons. The Morgan fingerprint density at radius 1 is 0.412 bits per heavy atom. The van der Waals surface area contributed by atoms with Gasteiger partial charge in [-0.3, -0.25) is 0 Å². The molecule has 9 aromatic carbocycles. The lowest BCUT2D eigenvalue weighted by Gasteiger charge is -2.35. The molecule has 0 bridgehead atoms. The van der Waals surface area contributed by atoms with Crippen molar-refractivity contribution < 1.29 is 4.42 Å². The minimum absolute atomic E-state index is 0.0247. The summed E-state index contributed by atoms with van der Waals surface area (Å²) in [5, 5.41) is 2.35. The van der Waals surface area contributed by atoms with Crippen molar-refractivity contribution in [3.63, 3.8) is 0 Å². The smallest absolute Gasteiger partial charge is 0.143 e. The number of hydrogen-bond donors (Lipinski definition) is 0. The van der Waals surface area contributed by atoms with Gasteiger partial charge in [-0.1, -0.05) is 219 Å². The Morgan fingerprint density at radius 3 is 1.65 bits per heavy atom. The molecule has 2 aliphatic carbocycles. The quantitative estimate of drug-likeness (QED) is 0.165. The Bertz CT molecular complexity index is 3550. The van der Waals surface area contributed by atoms with Gasteiger partial charge in [0.05, 0.1) is 11.1 Å². The molecule has 0 unspecified atom stereocenters. The molecular formula is C66H57NO. The van der Waals surface area contributed by atoms with Crippen molar-refractivity contribution in [1.29, 1.82) is 0 Å². The molecular weight excluding hydrogens is 823 g/mol. The van der Waals surface area contributed by atoms with Crippen molar-refractivity contribution >= 4 is 39.0 Å². The van der Waals surface area contributed by atoms with Crippen molar-refractivity contribution in [3.05, 3.63) is 245 Å². The summed E-state index contributed by atoms with van der Waals surface area (Å²) in [5.74, 6) is 0. The zero-order valence-corrected chi connectivity index (χ0v) is 40.4. The second kappa shape index (κ2) is 15.0. The first kappa shape index (κ1) is 42.0. The Balaban J connectivity index is 1.14. The molecule has 2 nitrogen and oxygen atoms in total. The zero-order valence-electron chi connectivity index (χ0n) is 40.4. The zero-order chi connectivity index (χ0) is 46.7. The lowest BCUT2D eigenvalue weighted by atomic mass is 9.67. The van der Waals surface area contributed by atoms with Gasteiger partial charge in [0.2, 0.25) is 0 Å². The van der Waals surface area contributed by atoms with Gasteiger partial charge in [-0.25, -0.2) is 0 Å². The van der Waals surface area contributed by atoms with Gasteiger partial charge < -0.3 is 9.32 Å². The Labute approximate surface area is 401 Å². The van der Waals surface area contributed by atoms with E-state index in [9.17, 15) is 0 Å². The highest BCUT2D eigenvalue weighted by atomic mass is 16.3. The fourth-order valence-electron chi connectivity index (χ4n) is 11.8. The number of rotatable bonds is 6. The topological polar surface area (TPSA) is 16.4 Å². The maximum absolute atomic E-state index is 7.38. The maximum atomic E-state index is 7.38. The predicted octanol–water partition coefficient (Wildman–Crippen LogP) is 18.0. The van der Waals surface area contributed by atoms with Crippen LogP contribution in [0.3, 0.4) is 0 Å². The van der Waals surface area contributed by atoms with Crippen LogP contribution in [0.2, 0.25) is 0 Å². The lowest BCUT2D eigenvalue weighted by Crippen LogP contribution is -2.28. The Morgan fingerprint density at radius 2 is 0.985 bits per heavy atom. The van der Waals surface area contributed by atoms with Gasteiger partial charge in [0.1, 0.15) is 11.2 Å². The van der Waals surface area contributed by atoms with Crippen molar-refractivity contribution in [2.45, 2.75) is 77.0 Å². The van der Waals surface area contributed by atoms with Crippen molar-refractivity contribution in [1.82, 2.24) is 0 Å². The molecule has 0 atom stereocenters. The summed E-state index contributed by atoms with van der Waals surface area (Å²) in [6.07, 6.45) is 0. The second-order valence-electron chi connectivity index (χ2n) is 21.7. The van der Waals surface area contributed by atoms with Gasteiger partial charge in [-0.05, 0) is 108 Å². The summed E-state index contributed by atoms with van der Waals surface area (Å²) >= 11 is 0. The van der Waals surface area contributed by atoms with Gasteiger partial charge in [0.25, 0.3) is 0 Å². The largest absolute Gasteiger partial charge is 0.455 e. The van der Waals surface area contributed by atoms with Crippen LogP contribution < -0.4 is 4.90 Å². The monoisotopic (exact) mass is 879 g/mol. The van der Waals surface area contributed by atoms with Crippen LogP contribution in [0.1, 0.15) is 99.9 Å². The Hall–Kier alpha value is -7.42. The summed E-state index contributed by atoms with van der Waals surface area (Å²) in [4.78, 5) is 2.51. The van der Waals surface area contributed by atoms with Crippen LogP contribution in [0.4, 0.5) is 17.1 Å². The summed E-state index contributed by atoms with van der Waals surface area (Å²) in [5.41, 5.74) is 21.9. The highest BCUT2D eigenvalue weighted by Gasteiger charge is 2.46. The molecule has 0 amide bonds. The van der Waals surface area contributed by atoms with Crippen molar-refractivity contribution in [2.24, 2.45) is 0 Å². The van der Waals surface area contributed by atoms with Crippen LogP contribution >= 0.6 is 0 Å². The van der Waals surface area contributed by atoms with E-state index in [2.05, 4.69) is 260 Å². The summed E-state index contributed by atoms with van der Waals surface area (Å²) < 4.78 is 7.38. The molecule has 0 N–H and O–H groups in total. The second-order valence-corrected chi connectivity index (χ2v) is 21.7. The third-order valence-electron chi connectivity index (χ3n) is 15.2. The fraction of sp³-hybridized carbons (Fsp3) is 0.182.